The molecule has 1 unspecified atom stereocenters. The van der Waals surface area contributed by atoms with Gasteiger partial charge in [-0.1, -0.05) is 29.8 Å². The SMILES string of the molecule is O=C(NC1CS(=O)(=O)c2ccccc21)c1cc(Cl)ccc1O. The third-order valence-corrected chi connectivity index (χ3v) is 5.57. The van der Waals surface area contributed by atoms with Crippen LogP contribution in [0, 0.1) is 0 Å². The quantitative estimate of drug-likeness (QED) is 0.880. The summed E-state index contributed by atoms with van der Waals surface area (Å²) in [6.07, 6.45) is 0. The molecule has 2 N–H and O–H groups in total. The molecule has 1 amide bonds. The summed E-state index contributed by atoms with van der Waals surface area (Å²) in [4.78, 5) is 12.5. The first-order valence-electron chi connectivity index (χ1n) is 6.49. The molecule has 0 saturated heterocycles. The molecule has 0 spiro atoms. The first-order chi connectivity index (χ1) is 10.4. The smallest absolute Gasteiger partial charge is 0.255 e. The van der Waals surface area contributed by atoms with Crippen molar-refractivity contribution in [3.05, 3.63) is 58.6 Å². The maximum Gasteiger partial charge on any atom is 0.255 e. The number of nitrogens with one attached hydrogen (secondary N) is 1. The van der Waals surface area contributed by atoms with Gasteiger partial charge in [0.25, 0.3) is 5.91 Å². The van der Waals surface area contributed by atoms with Crippen molar-refractivity contribution in [3.63, 3.8) is 0 Å². The normalized spacial score (nSPS) is 18.7. The lowest BCUT2D eigenvalue weighted by Crippen LogP contribution is -2.29. The Bertz CT molecular complexity index is 864. The molecule has 0 bridgehead atoms. The van der Waals surface area contributed by atoms with Gasteiger partial charge in [0.1, 0.15) is 5.75 Å². The number of phenolic OH excluding ortho intramolecular Hbond substituents is 1. The van der Waals surface area contributed by atoms with Crippen molar-refractivity contribution in [2.24, 2.45) is 0 Å². The molecule has 0 fully saturated rings. The van der Waals surface area contributed by atoms with Gasteiger partial charge < -0.3 is 10.4 Å². The summed E-state index contributed by atoms with van der Waals surface area (Å²) in [5.74, 6) is -0.979. The van der Waals surface area contributed by atoms with E-state index in [2.05, 4.69) is 5.32 Å². The maximum atomic E-state index is 12.3. The Labute approximate surface area is 132 Å². The van der Waals surface area contributed by atoms with Crippen LogP contribution in [-0.4, -0.2) is 25.2 Å². The number of sulfone groups is 1. The van der Waals surface area contributed by atoms with Gasteiger partial charge in [-0.15, -0.1) is 0 Å². The Morgan fingerprint density at radius 2 is 1.95 bits per heavy atom. The Balaban J connectivity index is 1.92. The molecular formula is C15H12ClNO4S. The van der Waals surface area contributed by atoms with Crippen LogP contribution in [-0.2, 0) is 9.84 Å². The third-order valence-electron chi connectivity index (χ3n) is 3.52. The summed E-state index contributed by atoms with van der Waals surface area (Å²) < 4.78 is 24.2. The average Bonchev–Trinajstić information content (AvgIpc) is 2.73. The minimum Gasteiger partial charge on any atom is -0.507 e. The largest absolute Gasteiger partial charge is 0.507 e. The van der Waals surface area contributed by atoms with E-state index in [9.17, 15) is 18.3 Å². The minimum absolute atomic E-state index is 0.00859. The first-order valence-corrected chi connectivity index (χ1v) is 8.52. The number of amides is 1. The van der Waals surface area contributed by atoms with Crippen LogP contribution < -0.4 is 5.32 Å². The standard InChI is InChI=1S/C15H12ClNO4S/c16-9-5-6-13(18)11(7-9)15(19)17-12-8-22(20,21)14-4-2-1-3-10(12)14/h1-7,12,18H,8H2,(H,17,19). The number of carbonyl (C=O) groups excluding carboxylic acids is 1. The lowest BCUT2D eigenvalue weighted by atomic mass is 10.1. The molecule has 0 radical (unpaired) electrons. The molecule has 1 aliphatic heterocycles. The van der Waals surface area contributed by atoms with Gasteiger partial charge in [0, 0.05) is 5.02 Å². The molecule has 7 heteroatoms. The second kappa shape index (κ2) is 5.30. The summed E-state index contributed by atoms with van der Waals surface area (Å²) in [6, 6.07) is 10.0. The van der Waals surface area contributed by atoms with Gasteiger partial charge >= 0.3 is 0 Å². The lowest BCUT2D eigenvalue weighted by Gasteiger charge is -2.13. The van der Waals surface area contributed by atoms with Gasteiger partial charge in [-0.2, -0.15) is 0 Å². The highest BCUT2D eigenvalue weighted by Gasteiger charge is 2.35. The Morgan fingerprint density at radius 1 is 1.23 bits per heavy atom. The van der Waals surface area contributed by atoms with Crippen LogP contribution in [0.2, 0.25) is 5.02 Å². The summed E-state index contributed by atoms with van der Waals surface area (Å²) in [5, 5.41) is 12.7. The zero-order valence-electron chi connectivity index (χ0n) is 11.3. The van der Waals surface area contributed by atoms with Crippen LogP contribution in [0.1, 0.15) is 22.0 Å². The van der Waals surface area contributed by atoms with Crippen LogP contribution in [0.15, 0.2) is 47.4 Å². The van der Waals surface area contributed by atoms with E-state index in [-0.39, 0.29) is 22.0 Å². The van der Waals surface area contributed by atoms with Gasteiger partial charge in [-0.05, 0) is 29.8 Å². The van der Waals surface area contributed by atoms with Gasteiger partial charge in [0.2, 0.25) is 0 Å². The second-order valence-corrected chi connectivity index (χ2v) is 7.45. The average molecular weight is 338 g/mol. The summed E-state index contributed by atoms with van der Waals surface area (Å²) in [6.45, 7) is 0. The maximum absolute atomic E-state index is 12.3. The third kappa shape index (κ3) is 2.55. The van der Waals surface area contributed by atoms with E-state index in [1.165, 1.54) is 24.3 Å². The molecule has 1 atom stereocenters. The molecule has 22 heavy (non-hydrogen) atoms. The molecular weight excluding hydrogens is 326 g/mol. The number of aromatic hydroxyl groups is 1. The highest BCUT2D eigenvalue weighted by atomic mass is 35.5. The monoisotopic (exact) mass is 337 g/mol. The zero-order chi connectivity index (χ0) is 15.9. The number of benzene rings is 2. The van der Waals surface area contributed by atoms with Crippen molar-refractivity contribution in [2.75, 3.05) is 5.75 Å². The molecule has 2 aromatic carbocycles. The van der Waals surface area contributed by atoms with Crippen molar-refractivity contribution in [1.82, 2.24) is 5.32 Å². The number of carbonyl (C=O) groups is 1. The van der Waals surface area contributed by atoms with Crippen LogP contribution in [0.3, 0.4) is 0 Å². The van der Waals surface area contributed by atoms with Gasteiger partial charge in [-0.3, -0.25) is 4.79 Å². The number of fused-ring (bicyclic) bond motifs is 1. The Morgan fingerprint density at radius 3 is 2.73 bits per heavy atom. The Hall–Kier alpha value is -2.05. The van der Waals surface area contributed by atoms with E-state index >= 15 is 0 Å². The van der Waals surface area contributed by atoms with Crippen molar-refractivity contribution < 1.29 is 18.3 Å². The second-order valence-electron chi connectivity index (χ2n) is 5.01. The van der Waals surface area contributed by atoms with E-state index in [1.54, 1.807) is 18.2 Å². The number of halogens is 1. The minimum atomic E-state index is -3.40. The highest BCUT2D eigenvalue weighted by molar-refractivity contribution is 7.91. The molecule has 2 aromatic rings. The molecule has 1 aliphatic rings. The van der Waals surface area contributed by atoms with Gasteiger partial charge in [0.05, 0.1) is 22.3 Å². The number of phenols is 1. The zero-order valence-corrected chi connectivity index (χ0v) is 12.9. The number of hydrogen-bond acceptors (Lipinski definition) is 4. The molecule has 3 rings (SSSR count). The fourth-order valence-corrected chi connectivity index (χ4v) is 4.40. The van der Waals surface area contributed by atoms with E-state index in [0.717, 1.165) is 0 Å². The van der Waals surface area contributed by atoms with Gasteiger partial charge in [0.15, 0.2) is 9.84 Å². The Kier molecular flexibility index (Phi) is 3.58. The lowest BCUT2D eigenvalue weighted by molar-refractivity contribution is 0.0938. The fraction of sp³-hybridized carbons (Fsp3) is 0.133. The highest BCUT2D eigenvalue weighted by Crippen LogP contribution is 2.33. The molecule has 0 aliphatic carbocycles. The predicted octanol–water partition coefficient (Wildman–Crippen LogP) is 2.30. The van der Waals surface area contributed by atoms with Crippen LogP contribution in [0.4, 0.5) is 0 Å². The van der Waals surface area contributed by atoms with Crippen molar-refractivity contribution in [2.45, 2.75) is 10.9 Å². The molecule has 5 nitrogen and oxygen atoms in total. The summed E-state index contributed by atoms with van der Waals surface area (Å²) >= 11 is 5.82. The predicted molar refractivity (Wildman–Crippen MR) is 81.8 cm³/mol. The van der Waals surface area contributed by atoms with E-state index in [1.807, 2.05) is 0 Å². The fourth-order valence-electron chi connectivity index (χ4n) is 2.50. The molecule has 1 heterocycles. The van der Waals surface area contributed by atoms with Crippen LogP contribution >= 0.6 is 11.6 Å². The molecule has 0 saturated carbocycles. The van der Waals surface area contributed by atoms with Crippen molar-refractivity contribution in [3.8, 4) is 5.75 Å². The van der Waals surface area contributed by atoms with Crippen molar-refractivity contribution >= 4 is 27.3 Å². The molecule has 114 valence electrons. The first kappa shape index (κ1) is 14.9. The topological polar surface area (TPSA) is 83.5 Å². The van der Waals surface area contributed by atoms with Crippen molar-refractivity contribution in [1.29, 1.82) is 0 Å². The van der Waals surface area contributed by atoms with E-state index in [0.29, 0.717) is 10.6 Å². The van der Waals surface area contributed by atoms with E-state index in [4.69, 9.17) is 11.6 Å². The van der Waals surface area contributed by atoms with Gasteiger partial charge in [-0.25, -0.2) is 8.42 Å². The van der Waals surface area contributed by atoms with E-state index < -0.39 is 21.8 Å². The summed E-state index contributed by atoms with van der Waals surface area (Å²) in [5.41, 5.74) is 0.562. The summed E-state index contributed by atoms with van der Waals surface area (Å²) in [7, 11) is -3.40. The molecule has 0 aromatic heterocycles. The number of rotatable bonds is 2. The number of hydrogen-bond donors (Lipinski definition) is 2. The van der Waals surface area contributed by atoms with Crippen LogP contribution in [0.5, 0.6) is 5.75 Å². The van der Waals surface area contributed by atoms with Crippen LogP contribution in [0.25, 0.3) is 0 Å².